The Bertz CT molecular complexity index is 1160. The summed E-state index contributed by atoms with van der Waals surface area (Å²) in [5, 5.41) is 0.708. The van der Waals surface area contributed by atoms with E-state index in [1.54, 1.807) is 7.11 Å². The topological polar surface area (TPSA) is 42.0 Å². The number of piperazine rings is 1. The first kappa shape index (κ1) is 24.8. The van der Waals surface area contributed by atoms with Crippen LogP contribution in [0.25, 0.3) is 0 Å². The molecule has 1 saturated heterocycles. The third-order valence-electron chi connectivity index (χ3n) is 7.25. The Morgan fingerprint density at radius 2 is 1.75 bits per heavy atom. The van der Waals surface area contributed by atoms with Crippen molar-refractivity contribution in [3.63, 3.8) is 0 Å². The Morgan fingerprint density at radius 3 is 2.50 bits per heavy atom. The van der Waals surface area contributed by atoms with Crippen LogP contribution in [0.5, 0.6) is 5.75 Å². The summed E-state index contributed by atoms with van der Waals surface area (Å²) in [6, 6.07) is 26.3. The third kappa shape index (κ3) is 6.09. The maximum absolute atomic E-state index is 13.1. The number of ether oxygens (including phenoxy) is 2. The minimum Gasteiger partial charge on any atom is -0.497 e. The highest BCUT2D eigenvalue weighted by molar-refractivity contribution is 6.30. The molecule has 2 fully saturated rings. The van der Waals surface area contributed by atoms with E-state index in [2.05, 4.69) is 40.1 Å². The number of halogens is 1. The van der Waals surface area contributed by atoms with Gasteiger partial charge in [-0.1, -0.05) is 66.2 Å². The van der Waals surface area contributed by atoms with Gasteiger partial charge in [0.05, 0.1) is 19.8 Å². The molecule has 2 aliphatic rings. The van der Waals surface area contributed by atoms with E-state index in [0.29, 0.717) is 23.5 Å². The molecule has 1 aliphatic heterocycles. The van der Waals surface area contributed by atoms with Crippen LogP contribution >= 0.6 is 11.6 Å². The maximum Gasteiger partial charge on any atom is 0.226 e. The molecule has 3 atom stereocenters. The number of benzene rings is 3. The molecule has 5 nitrogen and oxygen atoms in total. The molecule has 5 rings (SSSR count). The number of hydrogen-bond acceptors (Lipinski definition) is 4. The first-order valence-electron chi connectivity index (χ1n) is 12.7. The van der Waals surface area contributed by atoms with Crippen molar-refractivity contribution in [1.29, 1.82) is 0 Å². The van der Waals surface area contributed by atoms with E-state index in [1.165, 1.54) is 5.56 Å². The molecular weight excluding hydrogens is 472 g/mol. The molecule has 0 radical (unpaired) electrons. The lowest BCUT2D eigenvalue weighted by atomic mass is 10.1. The average Bonchev–Trinajstić information content (AvgIpc) is 3.73. The molecule has 6 heteroatoms. The van der Waals surface area contributed by atoms with Crippen LogP contribution in [-0.4, -0.2) is 55.5 Å². The van der Waals surface area contributed by atoms with Gasteiger partial charge in [0.1, 0.15) is 5.75 Å². The Hall–Kier alpha value is -2.86. The lowest BCUT2D eigenvalue weighted by Gasteiger charge is -2.36. The predicted octanol–water partition coefficient (Wildman–Crippen LogP) is 5.55. The molecule has 0 spiro atoms. The predicted molar refractivity (Wildman–Crippen MR) is 142 cm³/mol. The largest absolute Gasteiger partial charge is 0.497 e. The highest BCUT2D eigenvalue weighted by atomic mass is 35.5. The zero-order chi connectivity index (χ0) is 24.9. The Balaban J connectivity index is 1.19. The fourth-order valence-electron chi connectivity index (χ4n) is 5.08. The van der Waals surface area contributed by atoms with E-state index < -0.39 is 0 Å². The smallest absolute Gasteiger partial charge is 0.226 e. The van der Waals surface area contributed by atoms with Crippen molar-refractivity contribution in [2.75, 3.05) is 39.8 Å². The van der Waals surface area contributed by atoms with Crippen molar-refractivity contribution in [1.82, 2.24) is 9.80 Å². The van der Waals surface area contributed by atoms with Crippen LogP contribution in [-0.2, 0) is 16.1 Å². The quantitative estimate of drug-likeness (QED) is 0.383. The van der Waals surface area contributed by atoms with Crippen LogP contribution in [0.15, 0.2) is 78.9 Å². The van der Waals surface area contributed by atoms with E-state index in [-0.39, 0.29) is 12.0 Å². The molecule has 36 heavy (non-hydrogen) atoms. The zero-order valence-electron chi connectivity index (χ0n) is 20.7. The molecular formula is C30H33ClN2O3. The van der Waals surface area contributed by atoms with Crippen LogP contribution < -0.4 is 4.74 Å². The summed E-state index contributed by atoms with van der Waals surface area (Å²) >= 11 is 6.17. The second-order valence-electron chi connectivity index (χ2n) is 9.69. The van der Waals surface area contributed by atoms with Gasteiger partial charge in [0, 0.05) is 43.7 Å². The van der Waals surface area contributed by atoms with Gasteiger partial charge >= 0.3 is 0 Å². The lowest BCUT2D eigenvalue weighted by Crippen LogP contribution is -2.50. The number of amides is 1. The number of carbonyl (C=O) groups is 1. The number of nitrogens with zero attached hydrogens (tertiary/aromatic N) is 2. The first-order chi connectivity index (χ1) is 17.6. The number of methoxy groups -OCH3 is 1. The number of rotatable bonds is 9. The standard InChI is InChI=1S/C30H33ClN2O3/c1-35-26-12-6-10-24(18-26)29(36-21-22-7-5-11-25(31)17-22)20-32-13-15-33(16-14-32)30(34)28-19-27(28)23-8-3-2-4-9-23/h2-12,17-18,27-29H,13-16,19-21H2,1H3/t27-,28+,29-/m0/s1. The molecule has 0 N–H and O–H groups in total. The van der Waals surface area contributed by atoms with Gasteiger partial charge in [0.2, 0.25) is 5.91 Å². The number of carbonyl (C=O) groups excluding carboxylic acids is 1. The second-order valence-corrected chi connectivity index (χ2v) is 10.1. The van der Waals surface area contributed by atoms with Gasteiger partial charge in [0.15, 0.2) is 0 Å². The Morgan fingerprint density at radius 1 is 0.972 bits per heavy atom. The SMILES string of the molecule is COc1cccc([C@H](CN2CCN(C(=O)[C@@H]3C[C@H]3c3ccccc3)CC2)OCc2cccc(Cl)c2)c1. The van der Waals surface area contributed by atoms with Crippen molar-refractivity contribution in [3.8, 4) is 5.75 Å². The van der Waals surface area contributed by atoms with Gasteiger partial charge in [-0.25, -0.2) is 0 Å². The summed E-state index contributed by atoms with van der Waals surface area (Å²) in [5.74, 6) is 1.65. The van der Waals surface area contributed by atoms with Crippen molar-refractivity contribution in [3.05, 3.63) is 101 Å². The summed E-state index contributed by atoms with van der Waals surface area (Å²) in [5.41, 5.74) is 3.41. The molecule has 3 aromatic carbocycles. The normalized spacial score (nSPS) is 20.7. The van der Waals surface area contributed by atoms with Gasteiger partial charge in [-0.3, -0.25) is 9.69 Å². The fourth-order valence-corrected chi connectivity index (χ4v) is 5.29. The summed E-state index contributed by atoms with van der Waals surface area (Å²) in [7, 11) is 1.68. The summed E-state index contributed by atoms with van der Waals surface area (Å²) < 4.78 is 11.9. The minimum absolute atomic E-state index is 0.118. The van der Waals surface area contributed by atoms with Gasteiger partial charge in [-0.15, -0.1) is 0 Å². The van der Waals surface area contributed by atoms with E-state index in [1.807, 2.05) is 48.5 Å². The Kier molecular flexibility index (Phi) is 7.90. The Labute approximate surface area is 218 Å². The van der Waals surface area contributed by atoms with E-state index in [0.717, 1.165) is 56.0 Å². The average molecular weight is 505 g/mol. The molecule has 1 aliphatic carbocycles. The lowest BCUT2D eigenvalue weighted by molar-refractivity contribution is -0.134. The first-order valence-corrected chi connectivity index (χ1v) is 13.0. The number of hydrogen-bond donors (Lipinski definition) is 0. The van der Waals surface area contributed by atoms with Crippen LogP contribution in [0, 0.1) is 5.92 Å². The molecule has 0 aromatic heterocycles. The maximum atomic E-state index is 13.1. The van der Waals surface area contributed by atoms with Gasteiger partial charge in [-0.2, -0.15) is 0 Å². The molecule has 0 unspecified atom stereocenters. The van der Waals surface area contributed by atoms with Crippen molar-refractivity contribution in [2.24, 2.45) is 5.92 Å². The molecule has 1 saturated carbocycles. The van der Waals surface area contributed by atoms with Crippen molar-refractivity contribution < 1.29 is 14.3 Å². The van der Waals surface area contributed by atoms with Gasteiger partial charge < -0.3 is 14.4 Å². The van der Waals surface area contributed by atoms with Crippen LogP contribution in [0.4, 0.5) is 0 Å². The molecule has 1 heterocycles. The minimum atomic E-state index is -0.118. The summed E-state index contributed by atoms with van der Waals surface area (Å²) in [4.78, 5) is 17.6. The van der Waals surface area contributed by atoms with Gasteiger partial charge in [-0.05, 0) is 53.3 Å². The highest BCUT2D eigenvalue weighted by Crippen LogP contribution is 2.48. The highest BCUT2D eigenvalue weighted by Gasteiger charge is 2.46. The van der Waals surface area contributed by atoms with E-state index in [9.17, 15) is 4.79 Å². The van der Waals surface area contributed by atoms with E-state index in [4.69, 9.17) is 21.1 Å². The monoisotopic (exact) mass is 504 g/mol. The van der Waals surface area contributed by atoms with Gasteiger partial charge in [0.25, 0.3) is 0 Å². The van der Waals surface area contributed by atoms with Crippen LogP contribution in [0.2, 0.25) is 5.02 Å². The third-order valence-corrected chi connectivity index (χ3v) is 7.48. The second kappa shape index (κ2) is 11.5. The van der Waals surface area contributed by atoms with Crippen molar-refractivity contribution in [2.45, 2.75) is 25.0 Å². The molecule has 1 amide bonds. The molecule has 188 valence electrons. The fraction of sp³-hybridized carbons (Fsp3) is 0.367. The zero-order valence-corrected chi connectivity index (χ0v) is 21.4. The van der Waals surface area contributed by atoms with Crippen molar-refractivity contribution >= 4 is 17.5 Å². The van der Waals surface area contributed by atoms with E-state index >= 15 is 0 Å². The summed E-state index contributed by atoms with van der Waals surface area (Å²) in [6.45, 7) is 4.44. The van der Waals surface area contributed by atoms with Crippen LogP contribution in [0.3, 0.4) is 0 Å². The van der Waals surface area contributed by atoms with Crippen LogP contribution in [0.1, 0.15) is 35.1 Å². The molecule has 0 bridgehead atoms. The summed E-state index contributed by atoms with van der Waals surface area (Å²) in [6.07, 6.45) is 0.852. The molecule has 3 aromatic rings.